The molecule has 0 spiro atoms. The molecule has 2 heterocycles. The molecular weight excluding hydrogens is 418 g/mol. The molecule has 1 unspecified atom stereocenters. The molecule has 170 valence electrons. The van der Waals surface area contributed by atoms with Crippen molar-refractivity contribution in [3.05, 3.63) is 88.6 Å². The lowest BCUT2D eigenvalue weighted by atomic mass is 9.95. The Bertz CT molecular complexity index is 1310. The first-order valence-electron chi connectivity index (χ1n) is 11.0. The molecule has 0 bridgehead atoms. The number of hydrogen-bond donors (Lipinski definition) is 1. The molecule has 4 rings (SSSR count). The van der Waals surface area contributed by atoms with Gasteiger partial charge in [-0.15, -0.1) is 0 Å². The summed E-state index contributed by atoms with van der Waals surface area (Å²) in [6.45, 7) is 6.00. The number of amides is 1. The van der Waals surface area contributed by atoms with Crippen LogP contribution in [0.3, 0.4) is 0 Å². The van der Waals surface area contributed by atoms with Gasteiger partial charge < -0.3 is 10.1 Å². The number of carbonyl (C=O) groups is 1. The normalized spacial score (nSPS) is 12.1. The number of benzene rings is 2. The van der Waals surface area contributed by atoms with Gasteiger partial charge in [0.05, 0.1) is 17.3 Å². The van der Waals surface area contributed by atoms with Crippen molar-refractivity contribution in [1.82, 2.24) is 19.2 Å². The number of nitrogens with zero attached hydrogens (tertiary/aromatic N) is 4. The quantitative estimate of drug-likeness (QED) is 0.439. The fourth-order valence-electron chi connectivity index (χ4n) is 3.74. The summed E-state index contributed by atoms with van der Waals surface area (Å²) < 4.78 is 9.12. The highest BCUT2D eigenvalue weighted by molar-refractivity contribution is 5.97. The SMILES string of the molecule is CCC(C(=O)Nc1ccccc1OCc1cc(=O)n2c(ncn2C(C)C)n1)c1ccccc1. The van der Waals surface area contributed by atoms with E-state index in [-0.39, 0.29) is 30.0 Å². The van der Waals surface area contributed by atoms with Gasteiger partial charge in [-0.3, -0.25) is 14.3 Å². The summed E-state index contributed by atoms with van der Waals surface area (Å²) in [4.78, 5) is 34.3. The Labute approximate surface area is 191 Å². The van der Waals surface area contributed by atoms with E-state index in [4.69, 9.17) is 4.74 Å². The highest BCUT2D eigenvalue weighted by atomic mass is 16.5. The number of para-hydroxylation sites is 2. The molecule has 0 aliphatic rings. The summed E-state index contributed by atoms with van der Waals surface area (Å²) in [6.07, 6.45) is 2.27. The molecule has 8 nitrogen and oxygen atoms in total. The van der Waals surface area contributed by atoms with Crippen LogP contribution in [0.4, 0.5) is 5.69 Å². The number of fused-ring (bicyclic) bond motifs is 1. The van der Waals surface area contributed by atoms with Gasteiger partial charge in [0.15, 0.2) is 0 Å². The number of rotatable bonds is 8. The topological polar surface area (TPSA) is 90.5 Å². The van der Waals surface area contributed by atoms with Crippen molar-refractivity contribution in [2.75, 3.05) is 5.32 Å². The molecule has 1 N–H and O–H groups in total. The minimum atomic E-state index is -0.264. The summed E-state index contributed by atoms with van der Waals surface area (Å²) in [5.41, 5.74) is 1.78. The number of hydrogen-bond acceptors (Lipinski definition) is 5. The lowest BCUT2D eigenvalue weighted by Gasteiger charge is -2.17. The van der Waals surface area contributed by atoms with Gasteiger partial charge in [-0.2, -0.15) is 9.50 Å². The second kappa shape index (κ2) is 9.68. The van der Waals surface area contributed by atoms with E-state index in [9.17, 15) is 9.59 Å². The van der Waals surface area contributed by atoms with Crippen LogP contribution in [0.25, 0.3) is 5.78 Å². The van der Waals surface area contributed by atoms with Gasteiger partial charge in [0.25, 0.3) is 11.3 Å². The summed E-state index contributed by atoms with van der Waals surface area (Å²) >= 11 is 0. The van der Waals surface area contributed by atoms with E-state index in [1.54, 1.807) is 23.1 Å². The van der Waals surface area contributed by atoms with E-state index in [2.05, 4.69) is 15.3 Å². The maximum Gasteiger partial charge on any atom is 0.274 e. The zero-order chi connectivity index (χ0) is 23.4. The maximum atomic E-state index is 13.0. The molecule has 1 amide bonds. The summed E-state index contributed by atoms with van der Waals surface area (Å²) in [5.74, 6) is 0.463. The van der Waals surface area contributed by atoms with E-state index < -0.39 is 0 Å². The van der Waals surface area contributed by atoms with Crippen LogP contribution in [0.1, 0.15) is 50.4 Å². The number of ether oxygens (including phenoxy) is 1. The number of carbonyl (C=O) groups excluding carboxylic acids is 1. The zero-order valence-electron chi connectivity index (χ0n) is 18.9. The van der Waals surface area contributed by atoms with Crippen molar-refractivity contribution < 1.29 is 9.53 Å². The molecular formula is C25H27N5O3. The first-order valence-corrected chi connectivity index (χ1v) is 11.0. The predicted octanol–water partition coefficient (Wildman–Crippen LogP) is 4.18. The minimum absolute atomic E-state index is 0.0725. The second-order valence-corrected chi connectivity index (χ2v) is 8.06. The zero-order valence-corrected chi connectivity index (χ0v) is 18.9. The van der Waals surface area contributed by atoms with Gasteiger partial charge in [-0.05, 0) is 38.0 Å². The van der Waals surface area contributed by atoms with Gasteiger partial charge >= 0.3 is 0 Å². The molecule has 2 aromatic carbocycles. The Kier molecular flexibility index (Phi) is 6.53. The van der Waals surface area contributed by atoms with E-state index in [1.165, 1.54) is 10.6 Å². The third kappa shape index (κ3) is 4.79. The molecule has 0 saturated heterocycles. The summed E-state index contributed by atoms with van der Waals surface area (Å²) in [6, 6.07) is 18.5. The van der Waals surface area contributed by atoms with Crippen molar-refractivity contribution in [1.29, 1.82) is 0 Å². The minimum Gasteiger partial charge on any atom is -0.485 e. The first-order chi connectivity index (χ1) is 16.0. The van der Waals surface area contributed by atoms with Crippen LogP contribution in [0.15, 0.2) is 71.8 Å². The van der Waals surface area contributed by atoms with Crippen molar-refractivity contribution in [2.24, 2.45) is 0 Å². The molecule has 2 aromatic heterocycles. The molecule has 0 aliphatic carbocycles. The molecule has 0 fully saturated rings. The molecule has 1 atom stereocenters. The molecule has 0 saturated carbocycles. The van der Waals surface area contributed by atoms with Crippen LogP contribution < -0.4 is 15.6 Å². The number of anilines is 1. The molecule has 0 radical (unpaired) electrons. The van der Waals surface area contributed by atoms with Crippen LogP contribution in [0.2, 0.25) is 0 Å². The fourth-order valence-corrected chi connectivity index (χ4v) is 3.74. The molecule has 8 heteroatoms. The van der Waals surface area contributed by atoms with Crippen LogP contribution in [-0.4, -0.2) is 25.1 Å². The second-order valence-electron chi connectivity index (χ2n) is 8.06. The highest BCUT2D eigenvalue weighted by Crippen LogP contribution is 2.27. The summed E-state index contributed by atoms with van der Waals surface area (Å²) in [5, 5.41) is 2.99. The van der Waals surface area contributed by atoms with Crippen LogP contribution >= 0.6 is 0 Å². The van der Waals surface area contributed by atoms with Gasteiger partial charge in [0, 0.05) is 12.1 Å². The highest BCUT2D eigenvalue weighted by Gasteiger charge is 2.20. The standard InChI is InChI=1S/C25H27N5O3/c1-4-20(18-10-6-5-7-11-18)24(32)28-21-12-8-9-13-22(21)33-15-19-14-23(31)30-25(27-19)26-16-29(30)17(2)3/h5-14,16-17,20H,4,15H2,1-3H3,(H,28,32). The monoisotopic (exact) mass is 445 g/mol. The van der Waals surface area contributed by atoms with Crippen LogP contribution in [0.5, 0.6) is 5.75 Å². The van der Waals surface area contributed by atoms with Crippen LogP contribution in [-0.2, 0) is 11.4 Å². The lowest BCUT2D eigenvalue weighted by molar-refractivity contribution is -0.117. The van der Waals surface area contributed by atoms with E-state index >= 15 is 0 Å². The van der Waals surface area contributed by atoms with Crippen molar-refractivity contribution in [2.45, 2.75) is 45.8 Å². The Morgan fingerprint density at radius 2 is 1.82 bits per heavy atom. The van der Waals surface area contributed by atoms with Gasteiger partial charge in [-0.1, -0.05) is 49.4 Å². The lowest BCUT2D eigenvalue weighted by Crippen LogP contribution is -2.23. The smallest absolute Gasteiger partial charge is 0.274 e. The van der Waals surface area contributed by atoms with E-state index in [1.807, 2.05) is 63.2 Å². The predicted molar refractivity (Wildman–Crippen MR) is 127 cm³/mol. The van der Waals surface area contributed by atoms with Crippen molar-refractivity contribution in [3.63, 3.8) is 0 Å². The first kappa shape index (κ1) is 22.3. The number of aromatic nitrogens is 4. The largest absolute Gasteiger partial charge is 0.485 e. The molecule has 33 heavy (non-hydrogen) atoms. The average Bonchev–Trinajstić information content (AvgIpc) is 3.25. The van der Waals surface area contributed by atoms with Gasteiger partial charge in [0.1, 0.15) is 18.7 Å². The molecule has 0 aliphatic heterocycles. The van der Waals surface area contributed by atoms with E-state index in [0.29, 0.717) is 29.3 Å². The van der Waals surface area contributed by atoms with E-state index in [0.717, 1.165) is 5.56 Å². The Morgan fingerprint density at radius 1 is 1.09 bits per heavy atom. The maximum absolute atomic E-state index is 13.0. The third-order valence-corrected chi connectivity index (χ3v) is 5.43. The Hall–Kier alpha value is -3.94. The average molecular weight is 446 g/mol. The third-order valence-electron chi connectivity index (χ3n) is 5.43. The van der Waals surface area contributed by atoms with Gasteiger partial charge in [0.2, 0.25) is 5.91 Å². The number of nitrogens with one attached hydrogen (secondary N) is 1. The Morgan fingerprint density at radius 3 is 2.55 bits per heavy atom. The fraction of sp³-hybridized carbons (Fsp3) is 0.280. The summed E-state index contributed by atoms with van der Waals surface area (Å²) in [7, 11) is 0. The van der Waals surface area contributed by atoms with Crippen LogP contribution in [0, 0.1) is 0 Å². The molecule has 4 aromatic rings. The van der Waals surface area contributed by atoms with Crippen molar-refractivity contribution in [3.8, 4) is 5.75 Å². The van der Waals surface area contributed by atoms with Gasteiger partial charge in [-0.25, -0.2) is 4.98 Å². The Balaban J connectivity index is 1.51. The van der Waals surface area contributed by atoms with Crippen molar-refractivity contribution >= 4 is 17.4 Å².